The zero-order valence-electron chi connectivity index (χ0n) is 15.5. The standard InChI is InChI=1S/C20H23N3O3S/c1-3-26-19(25)11-15-13-27-20(21-15)22-18(24)10-6-7-14-12-23(2)17-9-5-4-8-16(14)17/h4-5,8-9,12-13H,3,6-7,10-11H2,1-2H3,(H,21,22,24). The van der Waals surface area contributed by atoms with Crippen LogP contribution in [0.15, 0.2) is 35.8 Å². The summed E-state index contributed by atoms with van der Waals surface area (Å²) in [6, 6.07) is 8.28. The largest absolute Gasteiger partial charge is 0.466 e. The highest BCUT2D eigenvalue weighted by Crippen LogP contribution is 2.22. The lowest BCUT2D eigenvalue weighted by atomic mass is 10.1. The van der Waals surface area contributed by atoms with Gasteiger partial charge in [0.05, 0.1) is 18.7 Å². The van der Waals surface area contributed by atoms with Gasteiger partial charge in [0.25, 0.3) is 0 Å². The number of aryl methyl sites for hydroxylation is 2. The van der Waals surface area contributed by atoms with Crippen molar-refractivity contribution in [1.29, 1.82) is 0 Å². The van der Waals surface area contributed by atoms with E-state index >= 15 is 0 Å². The number of ether oxygens (including phenoxy) is 1. The van der Waals surface area contributed by atoms with E-state index in [0.29, 0.717) is 23.9 Å². The van der Waals surface area contributed by atoms with Crippen molar-refractivity contribution in [3.63, 3.8) is 0 Å². The molecule has 3 rings (SSSR count). The first-order valence-electron chi connectivity index (χ1n) is 8.99. The van der Waals surface area contributed by atoms with E-state index in [-0.39, 0.29) is 18.3 Å². The predicted octanol–water partition coefficient (Wildman–Crippen LogP) is 3.70. The first kappa shape index (κ1) is 19.1. The van der Waals surface area contributed by atoms with Crippen LogP contribution < -0.4 is 5.32 Å². The molecule has 3 aromatic rings. The van der Waals surface area contributed by atoms with Gasteiger partial charge in [0.2, 0.25) is 5.91 Å². The maximum atomic E-state index is 12.2. The lowest BCUT2D eigenvalue weighted by Gasteiger charge is -2.02. The van der Waals surface area contributed by atoms with Crippen LogP contribution >= 0.6 is 11.3 Å². The SMILES string of the molecule is CCOC(=O)Cc1csc(NC(=O)CCCc2cn(C)c3ccccc23)n1. The van der Waals surface area contributed by atoms with Gasteiger partial charge in [-0.15, -0.1) is 11.3 Å². The van der Waals surface area contributed by atoms with Crippen molar-refractivity contribution in [3.05, 3.63) is 47.1 Å². The van der Waals surface area contributed by atoms with E-state index in [0.717, 1.165) is 12.8 Å². The average Bonchev–Trinajstić information content (AvgIpc) is 3.20. The molecule has 27 heavy (non-hydrogen) atoms. The number of hydrogen-bond acceptors (Lipinski definition) is 5. The number of nitrogens with one attached hydrogen (secondary N) is 1. The summed E-state index contributed by atoms with van der Waals surface area (Å²) in [5.74, 6) is -0.372. The van der Waals surface area contributed by atoms with Gasteiger partial charge in [-0.3, -0.25) is 9.59 Å². The number of para-hydroxylation sites is 1. The number of anilines is 1. The lowest BCUT2D eigenvalue weighted by molar-refractivity contribution is -0.142. The van der Waals surface area contributed by atoms with E-state index < -0.39 is 0 Å². The molecule has 0 spiro atoms. The van der Waals surface area contributed by atoms with Gasteiger partial charge in [-0.25, -0.2) is 4.98 Å². The third-order valence-corrected chi connectivity index (χ3v) is 5.06. The summed E-state index contributed by atoms with van der Waals surface area (Å²) in [6.07, 6.45) is 4.30. The Balaban J connectivity index is 1.48. The van der Waals surface area contributed by atoms with Crippen molar-refractivity contribution in [1.82, 2.24) is 9.55 Å². The monoisotopic (exact) mass is 385 g/mol. The highest BCUT2D eigenvalue weighted by molar-refractivity contribution is 7.13. The van der Waals surface area contributed by atoms with Gasteiger partial charge in [0.1, 0.15) is 0 Å². The normalized spacial score (nSPS) is 10.9. The first-order valence-corrected chi connectivity index (χ1v) is 9.87. The Bertz CT molecular complexity index is 945. The molecule has 0 saturated carbocycles. The number of rotatable bonds is 8. The molecule has 0 unspecified atom stereocenters. The number of benzene rings is 1. The molecule has 0 saturated heterocycles. The fourth-order valence-electron chi connectivity index (χ4n) is 3.05. The summed E-state index contributed by atoms with van der Waals surface area (Å²) >= 11 is 1.32. The Labute approximate surface area is 162 Å². The molecule has 0 radical (unpaired) electrons. The van der Waals surface area contributed by atoms with Crippen LogP contribution in [0.4, 0.5) is 5.13 Å². The van der Waals surface area contributed by atoms with Crippen molar-refractivity contribution < 1.29 is 14.3 Å². The fraction of sp³-hybridized carbons (Fsp3) is 0.350. The second kappa shape index (κ2) is 8.81. The van der Waals surface area contributed by atoms with Crippen molar-refractivity contribution in [2.75, 3.05) is 11.9 Å². The van der Waals surface area contributed by atoms with E-state index in [2.05, 4.69) is 33.2 Å². The number of aromatic nitrogens is 2. The molecule has 0 fully saturated rings. The number of amides is 1. The molecule has 0 atom stereocenters. The second-order valence-electron chi connectivity index (χ2n) is 6.31. The number of thiazole rings is 1. The van der Waals surface area contributed by atoms with E-state index in [9.17, 15) is 9.59 Å². The highest BCUT2D eigenvalue weighted by atomic mass is 32.1. The Hall–Kier alpha value is -2.67. The van der Waals surface area contributed by atoms with Gasteiger partial charge in [0.15, 0.2) is 5.13 Å². The van der Waals surface area contributed by atoms with Crippen LogP contribution in [0.5, 0.6) is 0 Å². The highest BCUT2D eigenvalue weighted by Gasteiger charge is 2.11. The van der Waals surface area contributed by atoms with Gasteiger partial charge in [-0.2, -0.15) is 0 Å². The van der Waals surface area contributed by atoms with Crippen LogP contribution in [0, 0.1) is 0 Å². The van der Waals surface area contributed by atoms with Crippen molar-refractivity contribution in [3.8, 4) is 0 Å². The summed E-state index contributed by atoms with van der Waals surface area (Å²) in [6.45, 7) is 2.12. The molecule has 142 valence electrons. The number of nitrogens with zero attached hydrogens (tertiary/aromatic N) is 2. The van der Waals surface area contributed by atoms with Gasteiger partial charge >= 0.3 is 5.97 Å². The van der Waals surface area contributed by atoms with Gasteiger partial charge < -0.3 is 14.6 Å². The summed E-state index contributed by atoms with van der Waals surface area (Å²) in [5, 5.41) is 6.33. The van der Waals surface area contributed by atoms with Crippen LogP contribution in [0.25, 0.3) is 10.9 Å². The smallest absolute Gasteiger partial charge is 0.311 e. The summed E-state index contributed by atoms with van der Waals surface area (Å²) in [4.78, 5) is 27.9. The van der Waals surface area contributed by atoms with Crippen LogP contribution in [-0.4, -0.2) is 28.0 Å². The van der Waals surface area contributed by atoms with E-state index in [1.807, 2.05) is 19.2 Å². The Morgan fingerprint density at radius 1 is 1.30 bits per heavy atom. The summed E-state index contributed by atoms with van der Waals surface area (Å²) in [5.41, 5.74) is 3.07. The van der Waals surface area contributed by atoms with Crippen LogP contribution in [-0.2, 0) is 34.2 Å². The zero-order chi connectivity index (χ0) is 19.2. The zero-order valence-corrected chi connectivity index (χ0v) is 16.3. The third-order valence-electron chi connectivity index (χ3n) is 4.26. The minimum atomic E-state index is -0.309. The van der Waals surface area contributed by atoms with E-state index in [1.165, 1.54) is 27.8 Å². The van der Waals surface area contributed by atoms with E-state index in [4.69, 9.17) is 4.74 Å². The van der Waals surface area contributed by atoms with Gasteiger partial charge in [-0.1, -0.05) is 18.2 Å². The van der Waals surface area contributed by atoms with Crippen molar-refractivity contribution >= 4 is 39.2 Å². The Kier molecular flexibility index (Phi) is 6.24. The minimum Gasteiger partial charge on any atom is -0.466 e. The quantitative estimate of drug-likeness (QED) is 0.600. The number of fused-ring (bicyclic) bond motifs is 1. The molecule has 7 heteroatoms. The molecule has 0 aliphatic heterocycles. The van der Waals surface area contributed by atoms with Crippen LogP contribution in [0.3, 0.4) is 0 Å². The van der Waals surface area contributed by atoms with Gasteiger partial charge in [-0.05, 0) is 31.4 Å². The fourth-order valence-corrected chi connectivity index (χ4v) is 3.78. The average molecular weight is 385 g/mol. The topological polar surface area (TPSA) is 73.2 Å². The Morgan fingerprint density at radius 3 is 2.93 bits per heavy atom. The number of esters is 1. The maximum absolute atomic E-state index is 12.2. The number of carbonyl (C=O) groups excluding carboxylic acids is 2. The van der Waals surface area contributed by atoms with Crippen LogP contribution in [0.1, 0.15) is 31.0 Å². The molecule has 0 aliphatic carbocycles. The number of hydrogen-bond donors (Lipinski definition) is 1. The Morgan fingerprint density at radius 2 is 2.11 bits per heavy atom. The molecule has 2 heterocycles. The molecule has 6 nitrogen and oxygen atoms in total. The summed E-state index contributed by atoms with van der Waals surface area (Å²) < 4.78 is 7.02. The molecule has 2 aromatic heterocycles. The predicted molar refractivity (Wildman–Crippen MR) is 107 cm³/mol. The van der Waals surface area contributed by atoms with Crippen molar-refractivity contribution in [2.24, 2.45) is 7.05 Å². The molecule has 1 aromatic carbocycles. The molecule has 0 aliphatic rings. The van der Waals surface area contributed by atoms with Gasteiger partial charge in [0, 0.05) is 35.9 Å². The molecular formula is C20H23N3O3S. The first-order chi connectivity index (χ1) is 13.1. The molecule has 1 amide bonds. The molecule has 1 N–H and O–H groups in total. The second-order valence-corrected chi connectivity index (χ2v) is 7.17. The lowest BCUT2D eigenvalue weighted by Crippen LogP contribution is -2.12. The maximum Gasteiger partial charge on any atom is 0.311 e. The molecular weight excluding hydrogens is 362 g/mol. The van der Waals surface area contributed by atoms with Crippen LogP contribution in [0.2, 0.25) is 0 Å². The number of carbonyl (C=O) groups is 2. The summed E-state index contributed by atoms with van der Waals surface area (Å²) in [7, 11) is 2.04. The third kappa shape index (κ3) is 4.95. The minimum absolute atomic E-state index is 0.0627. The van der Waals surface area contributed by atoms with Crippen molar-refractivity contribution in [2.45, 2.75) is 32.6 Å². The van der Waals surface area contributed by atoms with E-state index in [1.54, 1.807) is 12.3 Å². The molecule has 0 bridgehead atoms.